The Morgan fingerprint density at radius 1 is 1.17 bits per heavy atom. The first-order valence-corrected chi connectivity index (χ1v) is 8.36. The number of likely N-dealkylation sites (tertiary alicyclic amines) is 1. The van der Waals surface area contributed by atoms with Gasteiger partial charge in [0.25, 0.3) is 0 Å². The lowest BCUT2D eigenvalue weighted by molar-refractivity contribution is -0.142. The molecular formula is C19H28N2O2. The van der Waals surface area contributed by atoms with Crippen molar-refractivity contribution in [2.45, 2.75) is 47.5 Å². The van der Waals surface area contributed by atoms with Gasteiger partial charge in [0.05, 0.1) is 5.92 Å². The van der Waals surface area contributed by atoms with E-state index in [0.29, 0.717) is 6.54 Å². The third-order valence-corrected chi connectivity index (χ3v) is 4.45. The number of anilines is 1. The van der Waals surface area contributed by atoms with Crippen molar-refractivity contribution >= 4 is 17.5 Å². The average Bonchev–Trinajstić information content (AvgIpc) is 2.49. The molecule has 1 aromatic rings. The number of amides is 2. The Bertz CT molecular complexity index is 582. The molecule has 1 N–H and O–H groups in total. The maximum absolute atomic E-state index is 12.6. The zero-order valence-corrected chi connectivity index (χ0v) is 14.9. The van der Waals surface area contributed by atoms with Crippen molar-refractivity contribution in [1.29, 1.82) is 0 Å². The molecule has 1 saturated heterocycles. The van der Waals surface area contributed by atoms with Crippen molar-refractivity contribution < 1.29 is 9.59 Å². The Morgan fingerprint density at radius 2 is 1.78 bits per heavy atom. The molecule has 1 unspecified atom stereocenters. The van der Waals surface area contributed by atoms with E-state index in [9.17, 15) is 9.59 Å². The van der Waals surface area contributed by atoms with E-state index in [-0.39, 0.29) is 17.7 Å². The van der Waals surface area contributed by atoms with Crippen LogP contribution in [0, 0.1) is 25.2 Å². The second-order valence-electron chi connectivity index (χ2n) is 7.60. The van der Waals surface area contributed by atoms with Gasteiger partial charge in [-0.1, -0.05) is 39.0 Å². The van der Waals surface area contributed by atoms with Gasteiger partial charge in [-0.2, -0.15) is 0 Å². The SMILES string of the molecule is Cc1cccc(C)c1NC(=O)C1CCCN(C(=O)C(C)(C)C)C1. The highest BCUT2D eigenvalue weighted by Gasteiger charge is 2.33. The van der Waals surface area contributed by atoms with Gasteiger partial charge in [0, 0.05) is 24.2 Å². The Labute approximate surface area is 139 Å². The van der Waals surface area contributed by atoms with E-state index >= 15 is 0 Å². The lowest BCUT2D eigenvalue weighted by Crippen LogP contribution is -2.47. The van der Waals surface area contributed by atoms with Crippen LogP contribution in [0.25, 0.3) is 0 Å². The number of carbonyl (C=O) groups is 2. The number of hydrogen-bond acceptors (Lipinski definition) is 2. The fourth-order valence-electron chi connectivity index (χ4n) is 3.09. The summed E-state index contributed by atoms with van der Waals surface area (Å²) in [6.45, 7) is 11.1. The van der Waals surface area contributed by atoms with Crippen molar-refractivity contribution in [2.75, 3.05) is 18.4 Å². The molecule has 1 aliphatic rings. The monoisotopic (exact) mass is 316 g/mol. The topological polar surface area (TPSA) is 49.4 Å². The minimum absolute atomic E-state index is 0.0220. The summed E-state index contributed by atoms with van der Waals surface area (Å²) in [5.41, 5.74) is 2.63. The maximum Gasteiger partial charge on any atom is 0.229 e. The molecule has 4 nitrogen and oxygen atoms in total. The second kappa shape index (κ2) is 6.73. The zero-order chi connectivity index (χ0) is 17.2. The van der Waals surface area contributed by atoms with Crippen molar-refractivity contribution in [3.8, 4) is 0 Å². The molecule has 0 spiro atoms. The van der Waals surface area contributed by atoms with Crippen LogP contribution in [0.15, 0.2) is 18.2 Å². The van der Waals surface area contributed by atoms with Crippen LogP contribution >= 0.6 is 0 Å². The van der Waals surface area contributed by atoms with Gasteiger partial charge >= 0.3 is 0 Å². The highest BCUT2D eigenvalue weighted by atomic mass is 16.2. The predicted molar refractivity (Wildman–Crippen MR) is 93.3 cm³/mol. The summed E-state index contributed by atoms with van der Waals surface area (Å²) >= 11 is 0. The molecule has 126 valence electrons. The molecule has 4 heteroatoms. The summed E-state index contributed by atoms with van der Waals surface area (Å²) in [5, 5.41) is 3.07. The Hall–Kier alpha value is -1.84. The van der Waals surface area contributed by atoms with E-state index in [1.165, 1.54) is 0 Å². The summed E-state index contributed by atoms with van der Waals surface area (Å²) in [7, 11) is 0. The molecule has 1 aliphatic heterocycles. The number of piperidine rings is 1. The summed E-state index contributed by atoms with van der Waals surface area (Å²) in [5.74, 6) is 0.0185. The van der Waals surface area contributed by atoms with Gasteiger partial charge in [0.15, 0.2) is 0 Å². The van der Waals surface area contributed by atoms with E-state index in [0.717, 1.165) is 36.2 Å². The van der Waals surface area contributed by atoms with Crippen molar-refractivity contribution in [1.82, 2.24) is 4.90 Å². The van der Waals surface area contributed by atoms with Gasteiger partial charge in [0.1, 0.15) is 0 Å². The predicted octanol–water partition coefficient (Wildman–Crippen LogP) is 3.53. The average molecular weight is 316 g/mol. The van der Waals surface area contributed by atoms with E-state index < -0.39 is 5.41 Å². The first-order chi connectivity index (χ1) is 10.7. The van der Waals surface area contributed by atoms with Gasteiger partial charge in [-0.3, -0.25) is 9.59 Å². The van der Waals surface area contributed by atoms with Crippen LogP contribution in [0.1, 0.15) is 44.7 Å². The van der Waals surface area contributed by atoms with Crippen LogP contribution in [0.5, 0.6) is 0 Å². The number of carbonyl (C=O) groups excluding carboxylic acids is 2. The van der Waals surface area contributed by atoms with Gasteiger partial charge in [-0.25, -0.2) is 0 Å². The molecule has 1 fully saturated rings. The van der Waals surface area contributed by atoms with Gasteiger partial charge < -0.3 is 10.2 Å². The van der Waals surface area contributed by atoms with E-state index in [4.69, 9.17) is 0 Å². The lowest BCUT2D eigenvalue weighted by atomic mass is 9.91. The minimum atomic E-state index is -0.398. The third kappa shape index (κ3) is 4.12. The zero-order valence-electron chi connectivity index (χ0n) is 14.9. The number of nitrogens with zero attached hydrogens (tertiary/aromatic N) is 1. The van der Waals surface area contributed by atoms with Crippen LogP contribution in [0.4, 0.5) is 5.69 Å². The fraction of sp³-hybridized carbons (Fsp3) is 0.579. The Morgan fingerprint density at radius 3 is 2.35 bits per heavy atom. The van der Waals surface area contributed by atoms with Crippen LogP contribution in [-0.4, -0.2) is 29.8 Å². The first kappa shape index (κ1) is 17.5. The molecular weight excluding hydrogens is 288 g/mol. The smallest absolute Gasteiger partial charge is 0.229 e. The number of hydrogen-bond donors (Lipinski definition) is 1. The molecule has 2 amide bonds. The maximum atomic E-state index is 12.6. The highest BCUT2D eigenvalue weighted by Crippen LogP contribution is 2.26. The fourth-order valence-corrected chi connectivity index (χ4v) is 3.09. The molecule has 0 saturated carbocycles. The number of nitrogens with one attached hydrogen (secondary N) is 1. The number of benzene rings is 1. The van der Waals surface area contributed by atoms with E-state index in [1.54, 1.807) is 0 Å². The quantitative estimate of drug-likeness (QED) is 0.907. The molecule has 1 atom stereocenters. The summed E-state index contributed by atoms with van der Waals surface area (Å²) < 4.78 is 0. The Kier molecular flexibility index (Phi) is 5.12. The molecule has 1 heterocycles. The summed E-state index contributed by atoms with van der Waals surface area (Å²) in [6.07, 6.45) is 1.72. The van der Waals surface area contributed by atoms with Gasteiger partial charge in [-0.05, 0) is 37.8 Å². The molecule has 2 rings (SSSR count). The van der Waals surface area contributed by atoms with Crippen LogP contribution in [-0.2, 0) is 9.59 Å². The minimum Gasteiger partial charge on any atom is -0.341 e. The number of rotatable bonds is 2. The molecule has 0 aliphatic carbocycles. The Balaban J connectivity index is 2.07. The normalized spacial score (nSPS) is 18.7. The van der Waals surface area contributed by atoms with Crippen LogP contribution in [0.3, 0.4) is 0 Å². The van der Waals surface area contributed by atoms with Gasteiger partial charge in [-0.15, -0.1) is 0 Å². The van der Waals surface area contributed by atoms with Crippen molar-refractivity contribution in [2.24, 2.45) is 11.3 Å². The van der Waals surface area contributed by atoms with Crippen LogP contribution in [0.2, 0.25) is 0 Å². The molecule has 0 aromatic heterocycles. The van der Waals surface area contributed by atoms with E-state index in [2.05, 4.69) is 5.32 Å². The lowest BCUT2D eigenvalue weighted by Gasteiger charge is -2.36. The highest BCUT2D eigenvalue weighted by molar-refractivity contribution is 5.94. The molecule has 0 radical (unpaired) electrons. The number of aryl methyl sites for hydroxylation is 2. The summed E-state index contributed by atoms with van der Waals surface area (Å²) in [4.78, 5) is 26.9. The number of para-hydroxylation sites is 1. The van der Waals surface area contributed by atoms with Gasteiger partial charge in [0.2, 0.25) is 11.8 Å². The molecule has 0 bridgehead atoms. The second-order valence-corrected chi connectivity index (χ2v) is 7.60. The van der Waals surface area contributed by atoms with Crippen LogP contribution < -0.4 is 5.32 Å². The summed E-state index contributed by atoms with van der Waals surface area (Å²) in [6, 6.07) is 5.99. The van der Waals surface area contributed by atoms with Crippen molar-refractivity contribution in [3.05, 3.63) is 29.3 Å². The third-order valence-electron chi connectivity index (χ3n) is 4.45. The molecule has 23 heavy (non-hydrogen) atoms. The van der Waals surface area contributed by atoms with Crippen molar-refractivity contribution in [3.63, 3.8) is 0 Å². The first-order valence-electron chi connectivity index (χ1n) is 8.36. The largest absolute Gasteiger partial charge is 0.341 e. The van der Waals surface area contributed by atoms with E-state index in [1.807, 2.05) is 57.7 Å². The standard InChI is InChI=1S/C19H28N2O2/c1-13-8-6-9-14(2)16(13)20-17(22)15-10-7-11-21(12-15)18(23)19(3,4)5/h6,8-9,15H,7,10-12H2,1-5H3,(H,20,22). The molecule has 1 aromatic carbocycles.